The van der Waals surface area contributed by atoms with Crippen molar-refractivity contribution in [3.63, 3.8) is 0 Å². The Morgan fingerprint density at radius 1 is 1.26 bits per heavy atom. The van der Waals surface area contributed by atoms with E-state index in [2.05, 4.69) is 43.2 Å². The molecule has 1 aliphatic rings. The first kappa shape index (κ1) is 12.7. The van der Waals surface area contributed by atoms with Crippen molar-refractivity contribution < 1.29 is 0 Å². The zero-order chi connectivity index (χ0) is 13.4. The van der Waals surface area contributed by atoms with Gasteiger partial charge in [-0.1, -0.05) is 25.0 Å². The van der Waals surface area contributed by atoms with Crippen LogP contribution >= 0.6 is 0 Å². The molecule has 1 aromatic heterocycles. The average molecular weight is 256 g/mol. The minimum Gasteiger partial charge on any atom is -0.358 e. The smallest absolute Gasteiger partial charge is 0.0489 e. The number of benzene rings is 1. The predicted octanol–water partition coefficient (Wildman–Crippen LogP) is 4.16. The first-order chi connectivity index (χ1) is 9.20. The highest BCUT2D eigenvalue weighted by Crippen LogP contribution is 2.36. The van der Waals surface area contributed by atoms with Gasteiger partial charge in [0.15, 0.2) is 0 Å². The van der Waals surface area contributed by atoms with Gasteiger partial charge < -0.3 is 10.3 Å². The molecule has 0 spiro atoms. The number of aryl methyl sites for hydroxylation is 3. The summed E-state index contributed by atoms with van der Waals surface area (Å²) in [5.41, 5.74) is 7.10. The van der Waals surface area contributed by atoms with Crippen LogP contribution < -0.4 is 5.32 Å². The second-order valence-corrected chi connectivity index (χ2v) is 5.88. The summed E-state index contributed by atoms with van der Waals surface area (Å²) in [7, 11) is 0. The SMILES string of the molecule is CCNC1CCCCc2[nH]c3c(C)cc(C)cc3c21. The van der Waals surface area contributed by atoms with E-state index in [9.17, 15) is 0 Å². The lowest BCUT2D eigenvalue weighted by molar-refractivity contribution is 0.506. The second kappa shape index (κ2) is 5.01. The molecule has 19 heavy (non-hydrogen) atoms. The third kappa shape index (κ3) is 2.18. The number of hydrogen-bond acceptors (Lipinski definition) is 1. The molecule has 3 rings (SSSR count). The summed E-state index contributed by atoms with van der Waals surface area (Å²) in [5, 5.41) is 5.12. The number of hydrogen-bond donors (Lipinski definition) is 2. The summed E-state index contributed by atoms with van der Waals surface area (Å²) in [6.07, 6.45) is 5.09. The zero-order valence-corrected chi connectivity index (χ0v) is 12.3. The van der Waals surface area contributed by atoms with E-state index in [1.54, 1.807) is 5.56 Å². The zero-order valence-electron chi connectivity index (χ0n) is 12.3. The molecule has 2 aromatic rings. The Hall–Kier alpha value is -1.28. The predicted molar refractivity (Wildman–Crippen MR) is 81.7 cm³/mol. The van der Waals surface area contributed by atoms with Gasteiger partial charge in [-0.05, 0) is 56.8 Å². The molecule has 1 unspecified atom stereocenters. The molecular formula is C17H24N2. The Bertz CT molecular complexity index is 595. The van der Waals surface area contributed by atoms with E-state index < -0.39 is 0 Å². The molecule has 0 saturated carbocycles. The number of aromatic nitrogens is 1. The molecule has 2 N–H and O–H groups in total. The quantitative estimate of drug-likeness (QED) is 0.776. The molecule has 1 aromatic carbocycles. The number of rotatable bonds is 2. The van der Waals surface area contributed by atoms with E-state index in [4.69, 9.17) is 0 Å². The fourth-order valence-corrected chi connectivity index (χ4v) is 3.57. The van der Waals surface area contributed by atoms with Crippen molar-refractivity contribution in [3.8, 4) is 0 Å². The first-order valence-electron chi connectivity index (χ1n) is 7.55. The first-order valence-corrected chi connectivity index (χ1v) is 7.55. The van der Waals surface area contributed by atoms with E-state index in [1.165, 1.54) is 53.4 Å². The molecule has 0 fully saturated rings. The van der Waals surface area contributed by atoms with Gasteiger partial charge in [-0.2, -0.15) is 0 Å². The Balaban J connectivity index is 2.23. The minimum atomic E-state index is 0.525. The Morgan fingerprint density at radius 3 is 2.89 bits per heavy atom. The van der Waals surface area contributed by atoms with Crippen molar-refractivity contribution in [2.75, 3.05) is 6.54 Å². The maximum absolute atomic E-state index is 3.70. The number of H-pyrrole nitrogens is 1. The maximum Gasteiger partial charge on any atom is 0.0489 e. The largest absolute Gasteiger partial charge is 0.358 e. The van der Waals surface area contributed by atoms with Gasteiger partial charge in [0.05, 0.1) is 0 Å². The highest BCUT2D eigenvalue weighted by atomic mass is 14.9. The lowest BCUT2D eigenvalue weighted by atomic mass is 9.98. The molecule has 1 atom stereocenters. The number of fused-ring (bicyclic) bond motifs is 3. The van der Waals surface area contributed by atoms with Gasteiger partial charge in [0.25, 0.3) is 0 Å². The van der Waals surface area contributed by atoms with Crippen LogP contribution in [0.3, 0.4) is 0 Å². The summed E-state index contributed by atoms with van der Waals surface area (Å²) >= 11 is 0. The monoisotopic (exact) mass is 256 g/mol. The van der Waals surface area contributed by atoms with E-state index in [-0.39, 0.29) is 0 Å². The van der Waals surface area contributed by atoms with Gasteiger partial charge in [-0.15, -0.1) is 0 Å². The van der Waals surface area contributed by atoms with Gasteiger partial charge >= 0.3 is 0 Å². The average Bonchev–Trinajstić information content (AvgIpc) is 2.60. The fourth-order valence-electron chi connectivity index (χ4n) is 3.57. The van der Waals surface area contributed by atoms with Crippen LogP contribution in [-0.4, -0.2) is 11.5 Å². The molecule has 2 heteroatoms. The van der Waals surface area contributed by atoms with Crippen LogP contribution in [0.1, 0.15) is 54.6 Å². The molecule has 0 amide bonds. The third-order valence-electron chi connectivity index (χ3n) is 4.34. The van der Waals surface area contributed by atoms with E-state index >= 15 is 0 Å². The van der Waals surface area contributed by atoms with Gasteiger partial charge in [0.1, 0.15) is 0 Å². The van der Waals surface area contributed by atoms with Crippen molar-refractivity contribution in [3.05, 3.63) is 34.5 Å². The van der Waals surface area contributed by atoms with Crippen LogP contribution in [-0.2, 0) is 6.42 Å². The molecule has 1 heterocycles. The summed E-state index contributed by atoms with van der Waals surface area (Å²) in [6.45, 7) is 7.66. The van der Waals surface area contributed by atoms with Gasteiger partial charge in [0.2, 0.25) is 0 Å². The van der Waals surface area contributed by atoms with E-state index in [0.29, 0.717) is 6.04 Å². The second-order valence-electron chi connectivity index (χ2n) is 5.88. The van der Waals surface area contributed by atoms with Crippen LogP contribution in [0.15, 0.2) is 12.1 Å². The summed E-state index contributed by atoms with van der Waals surface area (Å²) < 4.78 is 0. The van der Waals surface area contributed by atoms with Crippen molar-refractivity contribution in [2.45, 2.75) is 52.5 Å². The molecule has 102 valence electrons. The normalized spacial score (nSPS) is 19.4. The summed E-state index contributed by atoms with van der Waals surface area (Å²) in [6, 6.07) is 5.16. The third-order valence-corrected chi connectivity index (χ3v) is 4.34. The van der Waals surface area contributed by atoms with Crippen LogP contribution in [0.2, 0.25) is 0 Å². The molecule has 0 saturated heterocycles. The van der Waals surface area contributed by atoms with Gasteiger partial charge in [-0.3, -0.25) is 0 Å². The van der Waals surface area contributed by atoms with Crippen molar-refractivity contribution in [2.24, 2.45) is 0 Å². The Kier molecular flexibility index (Phi) is 3.36. The van der Waals surface area contributed by atoms with Crippen molar-refractivity contribution in [1.29, 1.82) is 0 Å². The molecule has 2 nitrogen and oxygen atoms in total. The van der Waals surface area contributed by atoms with Crippen LogP contribution in [0.25, 0.3) is 10.9 Å². The van der Waals surface area contributed by atoms with Gasteiger partial charge in [-0.25, -0.2) is 0 Å². The van der Waals surface area contributed by atoms with Gasteiger partial charge in [0, 0.05) is 22.6 Å². The lowest BCUT2D eigenvalue weighted by Gasteiger charge is -2.17. The maximum atomic E-state index is 3.70. The highest BCUT2D eigenvalue weighted by molar-refractivity contribution is 5.88. The highest BCUT2D eigenvalue weighted by Gasteiger charge is 2.23. The number of aromatic amines is 1. The van der Waals surface area contributed by atoms with Crippen LogP contribution in [0, 0.1) is 13.8 Å². The topological polar surface area (TPSA) is 27.8 Å². The summed E-state index contributed by atoms with van der Waals surface area (Å²) in [5.74, 6) is 0. The Morgan fingerprint density at radius 2 is 2.11 bits per heavy atom. The molecule has 0 aliphatic heterocycles. The fraction of sp³-hybridized carbons (Fsp3) is 0.529. The lowest BCUT2D eigenvalue weighted by Crippen LogP contribution is -2.20. The molecular weight excluding hydrogens is 232 g/mol. The molecule has 1 aliphatic carbocycles. The van der Waals surface area contributed by atoms with E-state index in [1.807, 2.05) is 0 Å². The minimum absolute atomic E-state index is 0.525. The van der Waals surface area contributed by atoms with Crippen molar-refractivity contribution in [1.82, 2.24) is 10.3 Å². The molecule has 0 bridgehead atoms. The standard InChI is InChI=1S/C17H24N2/c1-4-18-14-7-5-6-8-15-16(14)13-10-11(2)9-12(3)17(13)19-15/h9-10,14,18-19H,4-8H2,1-3H3. The number of nitrogens with one attached hydrogen (secondary N) is 2. The molecule has 0 radical (unpaired) electrons. The van der Waals surface area contributed by atoms with Crippen molar-refractivity contribution >= 4 is 10.9 Å². The Labute approximate surface area is 115 Å². The van der Waals surface area contributed by atoms with E-state index in [0.717, 1.165) is 6.54 Å². The van der Waals surface area contributed by atoms with Crippen LogP contribution in [0.5, 0.6) is 0 Å². The van der Waals surface area contributed by atoms with Crippen LogP contribution in [0.4, 0.5) is 0 Å². The summed E-state index contributed by atoms with van der Waals surface area (Å²) in [4.78, 5) is 3.70.